The lowest BCUT2D eigenvalue weighted by Gasteiger charge is -2.06. The molecule has 0 saturated heterocycles. The average Bonchev–Trinajstić information content (AvgIpc) is 1.96. The van der Waals surface area contributed by atoms with Crippen molar-refractivity contribution in [2.24, 2.45) is 0 Å². The van der Waals surface area contributed by atoms with Crippen molar-refractivity contribution >= 4 is 0 Å². The Bertz CT molecular complexity index is 292. The highest BCUT2D eigenvalue weighted by atomic mass is 19.2. The second-order valence-electron chi connectivity index (χ2n) is 2.94. The number of rotatable bonds is 1. The Balaban J connectivity index is 3.23. The van der Waals surface area contributed by atoms with Crippen molar-refractivity contribution in [3.8, 4) is 0 Å². The lowest BCUT2D eigenvalue weighted by molar-refractivity contribution is 0.487. The maximum absolute atomic E-state index is 12.9. The van der Waals surface area contributed by atoms with Gasteiger partial charge < -0.3 is 0 Å². The number of hydrogen-bond acceptors (Lipinski definition) is 0. The second kappa shape index (κ2) is 3.17. The summed E-state index contributed by atoms with van der Waals surface area (Å²) < 4.78 is 37.9. The number of halogens is 3. The molecule has 1 rings (SSSR count). The van der Waals surface area contributed by atoms with Crippen LogP contribution in [0.15, 0.2) is 12.1 Å². The lowest BCUT2D eigenvalue weighted by atomic mass is 10.0. The number of benzene rings is 1. The SMILES string of the molecule is CC(C)c1cc(F)c(F)cc1F. The Morgan fingerprint density at radius 2 is 1.42 bits per heavy atom. The molecule has 12 heavy (non-hydrogen) atoms. The van der Waals surface area contributed by atoms with Gasteiger partial charge in [-0.3, -0.25) is 0 Å². The molecule has 0 aliphatic rings. The molecule has 1 aromatic rings. The van der Waals surface area contributed by atoms with Crippen molar-refractivity contribution in [2.75, 3.05) is 0 Å². The first-order valence-corrected chi connectivity index (χ1v) is 3.67. The Kier molecular flexibility index (Phi) is 2.40. The summed E-state index contributed by atoms with van der Waals surface area (Å²) in [7, 11) is 0. The molecule has 0 aromatic heterocycles. The van der Waals surface area contributed by atoms with Crippen molar-refractivity contribution < 1.29 is 13.2 Å². The minimum atomic E-state index is -1.14. The molecule has 66 valence electrons. The van der Waals surface area contributed by atoms with Crippen molar-refractivity contribution in [3.05, 3.63) is 35.1 Å². The van der Waals surface area contributed by atoms with Crippen LogP contribution in [0.2, 0.25) is 0 Å². The van der Waals surface area contributed by atoms with Crippen LogP contribution in [-0.2, 0) is 0 Å². The molecule has 0 aliphatic heterocycles. The summed E-state index contributed by atoms with van der Waals surface area (Å²) in [6, 6.07) is 1.47. The van der Waals surface area contributed by atoms with E-state index in [1.165, 1.54) is 0 Å². The highest BCUT2D eigenvalue weighted by Crippen LogP contribution is 2.20. The van der Waals surface area contributed by atoms with E-state index in [0.717, 1.165) is 6.07 Å². The second-order valence-corrected chi connectivity index (χ2v) is 2.94. The monoisotopic (exact) mass is 174 g/mol. The summed E-state index contributed by atoms with van der Waals surface area (Å²) in [4.78, 5) is 0. The molecule has 0 nitrogen and oxygen atoms in total. The zero-order valence-corrected chi connectivity index (χ0v) is 6.87. The van der Waals surface area contributed by atoms with Gasteiger partial charge in [0.05, 0.1) is 0 Å². The maximum atomic E-state index is 12.9. The van der Waals surface area contributed by atoms with Crippen LogP contribution in [0.4, 0.5) is 13.2 Å². The predicted molar refractivity (Wildman–Crippen MR) is 40.4 cm³/mol. The van der Waals surface area contributed by atoms with Gasteiger partial charge in [0, 0.05) is 6.07 Å². The van der Waals surface area contributed by atoms with Crippen molar-refractivity contribution in [3.63, 3.8) is 0 Å². The van der Waals surface area contributed by atoms with Gasteiger partial charge in [-0.05, 0) is 17.5 Å². The molecule has 1 aromatic carbocycles. The van der Waals surface area contributed by atoms with Crippen LogP contribution in [0.1, 0.15) is 25.3 Å². The van der Waals surface area contributed by atoms with Crippen LogP contribution in [0.3, 0.4) is 0 Å². The van der Waals surface area contributed by atoms with Gasteiger partial charge in [0.2, 0.25) is 0 Å². The third-order valence-electron chi connectivity index (χ3n) is 1.66. The molecule has 0 aliphatic carbocycles. The van der Waals surface area contributed by atoms with E-state index in [4.69, 9.17) is 0 Å². The fraction of sp³-hybridized carbons (Fsp3) is 0.333. The van der Waals surface area contributed by atoms with Gasteiger partial charge in [-0.2, -0.15) is 0 Å². The minimum absolute atomic E-state index is 0.139. The fourth-order valence-electron chi connectivity index (χ4n) is 0.980. The van der Waals surface area contributed by atoms with E-state index >= 15 is 0 Å². The molecule has 0 fully saturated rings. The molecule has 0 amide bonds. The molecule has 0 bridgehead atoms. The largest absolute Gasteiger partial charge is 0.207 e. The topological polar surface area (TPSA) is 0 Å². The summed E-state index contributed by atoms with van der Waals surface area (Å²) in [5.74, 6) is -2.97. The molecule has 0 unspecified atom stereocenters. The van der Waals surface area contributed by atoms with Gasteiger partial charge in [0.15, 0.2) is 11.6 Å². The molecule has 0 heterocycles. The Morgan fingerprint density at radius 1 is 0.917 bits per heavy atom. The number of hydrogen-bond donors (Lipinski definition) is 0. The third kappa shape index (κ3) is 1.60. The zero-order valence-electron chi connectivity index (χ0n) is 6.87. The van der Waals surface area contributed by atoms with E-state index in [9.17, 15) is 13.2 Å². The van der Waals surface area contributed by atoms with Gasteiger partial charge in [-0.1, -0.05) is 13.8 Å². The normalized spacial score (nSPS) is 10.8. The first kappa shape index (κ1) is 9.10. The minimum Gasteiger partial charge on any atom is -0.207 e. The van der Waals surface area contributed by atoms with Crippen molar-refractivity contribution in [1.29, 1.82) is 0 Å². The maximum Gasteiger partial charge on any atom is 0.161 e. The van der Waals surface area contributed by atoms with E-state index in [0.29, 0.717) is 6.07 Å². The molecule has 0 saturated carbocycles. The highest BCUT2D eigenvalue weighted by molar-refractivity contribution is 5.22. The summed E-state index contributed by atoms with van der Waals surface area (Å²) in [5.41, 5.74) is 0.203. The van der Waals surface area contributed by atoms with E-state index < -0.39 is 17.5 Å². The molecule has 0 radical (unpaired) electrons. The molecule has 0 N–H and O–H groups in total. The van der Waals surface area contributed by atoms with Crippen LogP contribution in [-0.4, -0.2) is 0 Å². The molecule has 3 heteroatoms. The van der Waals surface area contributed by atoms with Crippen LogP contribution < -0.4 is 0 Å². The van der Waals surface area contributed by atoms with Gasteiger partial charge in [0.1, 0.15) is 5.82 Å². The van der Waals surface area contributed by atoms with E-state index in [-0.39, 0.29) is 11.5 Å². The summed E-state index contributed by atoms with van der Waals surface area (Å²) in [6.45, 7) is 3.44. The molecule has 0 atom stereocenters. The van der Waals surface area contributed by atoms with Gasteiger partial charge >= 0.3 is 0 Å². The molecule has 0 spiro atoms. The van der Waals surface area contributed by atoms with E-state index in [1.54, 1.807) is 13.8 Å². The van der Waals surface area contributed by atoms with E-state index in [1.807, 2.05) is 0 Å². The Morgan fingerprint density at radius 3 is 1.92 bits per heavy atom. The quantitative estimate of drug-likeness (QED) is 0.573. The highest BCUT2D eigenvalue weighted by Gasteiger charge is 2.11. The van der Waals surface area contributed by atoms with E-state index in [2.05, 4.69) is 0 Å². The first-order valence-electron chi connectivity index (χ1n) is 3.67. The van der Waals surface area contributed by atoms with Crippen LogP contribution >= 0.6 is 0 Å². The summed E-state index contributed by atoms with van der Waals surface area (Å²) >= 11 is 0. The lowest BCUT2D eigenvalue weighted by Crippen LogP contribution is -1.96. The predicted octanol–water partition coefficient (Wildman–Crippen LogP) is 3.23. The summed E-state index contributed by atoms with van der Waals surface area (Å²) in [5, 5.41) is 0. The standard InChI is InChI=1S/C9H9F3/c1-5(2)6-3-8(11)9(12)4-7(6)10/h3-5H,1-2H3. The van der Waals surface area contributed by atoms with Crippen molar-refractivity contribution in [1.82, 2.24) is 0 Å². The average molecular weight is 174 g/mol. The molecular formula is C9H9F3. The Labute approximate surface area is 69.0 Å². The molecular weight excluding hydrogens is 165 g/mol. The van der Waals surface area contributed by atoms with Gasteiger partial charge in [-0.15, -0.1) is 0 Å². The summed E-state index contributed by atoms with van der Waals surface area (Å²) in [6.07, 6.45) is 0. The van der Waals surface area contributed by atoms with Gasteiger partial charge in [-0.25, -0.2) is 13.2 Å². The third-order valence-corrected chi connectivity index (χ3v) is 1.66. The smallest absolute Gasteiger partial charge is 0.161 e. The van der Waals surface area contributed by atoms with Crippen molar-refractivity contribution in [2.45, 2.75) is 19.8 Å². The van der Waals surface area contributed by atoms with Gasteiger partial charge in [0.25, 0.3) is 0 Å². The zero-order chi connectivity index (χ0) is 9.30. The Hall–Kier alpha value is -0.990. The van der Waals surface area contributed by atoms with Crippen LogP contribution in [0.25, 0.3) is 0 Å². The van der Waals surface area contributed by atoms with Crippen LogP contribution in [0, 0.1) is 17.5 Å². The van der Waals surface area contributed by atoms with Crippen LogP contribution in [0.5, 0.6) is 0 Å². The first-order chi connectivity index (χ1) is 5.52. The fourth-order valence-corrected chi connectivity index (χ4v) is 0.980.